The topological polar surface area (TPSA) is 70.7 Å². The van der Waals surface area contributed by atoms with Crippen molar-refractivity contribution in [3.05, 3.63) is 106 Å². The lowest BCUT2D eigenvalue weighted by Crippen LogP contribution is -2.19. The first-order valence-corrected chi connectivity index (χ1v) is 11.0. The van der Waals surface area contributed by atoms with Gasteiger partial charge in [0.15, 0.2) is 11.4 Å². The van der Waals surface area contributed by atoms with E-state index in [2.05, 4.69) is 0 Å². The van der Waals surface area contributed by atoms with Crippen LogP contribution in [-0.2, 0) is 6.61 Å². The van der Waals surface area contributed by atoms with E-state index in [0.717, 1.165) is 22.7 Å². The Hall–Kier alpha value is -4.39. The van der Waals surface area contributed by atoms with Crippen LogP contribution in [0.15, 0.2) is 83.8 Å². The van der Waals surface area contributed by atoms with E-state index in [-0.39, 0.29) is 5.56 Å². The standard InChI is InChI=1S/C27H24N4O3/c1-18-16-23(29-31(18)21-8-5-4-6-9-21)25-19(2)28-26-24(10-7-15-30(26)27(25)32)34-17-20-11-13-22(33-3)14-12-20/h4-16H,17H2,1-3H3. The van der Waals surface area contributed by atoms with E-state index in [1.165, 1.54) is 4.40 Å². The summed E-state index contributed by atoms with van der Waals surface area (Å²) in [6.07, 6.45) is 1.70. The second kappa shape index (κ2) is 8.86. The maximum atomic E-state index is 13.5. The maximum absolute atomic E-state index is 13.5. The molecular weight excluding hydrogens is 428 g/mol. The number of rotatable bonds is 6. The monoisotopic (exact) mass is 452 g/mol. The summed E-state index contributed by atoms with van der Waals surface area (Å²) in [5, 5.41) is 4.71. The molecule has 0 saturated carbocycles. The summed E-state index contributed by atoms with van der Waals surface area (Å²) < 4.78 is 14.6. The molecule has 3 heterocycles. The largest absolute Gasteiger partial charge is 0.497 e. The van der Waals surface area contributed by atoms with Crippen LogP contribution in [0.5, 0.6) is 11.5 Å². The second-order valence-electron chi connectivity index (χ2n) is 8.00. The molecule has 5 rings (SSSR count). The highest BCUT2D eigenvalue weighted by molar-refractivity contribution is 5.65. The molecule has 0 N–H and O–H groups in total. The van der Waals surface area contributed by atoms with Crippen molar-refractivity contribution >= 4 is 5.65 Å². The third kappa shape index (κ3) is 3.92. The van der Waals surface area contributed by atoms with E-state index in [1.54, 1.807) is 19.4 Å². The van der Waals surface area contributed by atoms with Crippen LogP contribution in [0.2, 0.25) is 0 Å². The highest BCUT2D eigenvalue weighted by atomic mass is 16.5. The minimum Gasteiger partial charge on any atom is -0.497 e. The van der Waals surface area contributed by atoms with Gasteiger partial charge in [0.25, 0.3) is 5.56 Å². The van der Waals surface area contributed by atoms with E-state index < -0.39 is 0 Å². The van der Waals surface area contributed by atoms with Crippen LogP contribution in [0.25, 0.3) is 22.6 Å². The fraction of sp³-hybridized carbons (Fsp3) is 0.148. The Kier molecular flexibility index (Phi) is 5.59. The average Bonchev–Trinajstić information content (AvgIpc) is 3.24. The van der Waals surface area contributed by atoms with E-state index in [0.29, 0.717) is 35.0 Å². The molecule has 0 unspecified atom stereocenters. The van der Waals surface area contributed by atoms with Crippen LogP contribution in [0.4, 0.5) is 0 Å². The Balaban J connectivity index is 1.52. The summed E-state index contributed by atoms with van der Waals surface area (Å²) in [6.45, 7) is 4.14. The van der Waals surface area contributed by atoms with Crippen LogP contribution in [0.3, 0.4) is 0 Å². The molecule has 0 atom stereocenters. The van der Waals surface area contributed by atoms with E-state index in [9.17, 15) is 4.79 Å². The minimum atomic E-state index is -0.185. The molecule has 0 aliphatic heterocycles. The molecule has 0 amide bonds. The summed E-state index contributed by atoms with van der Waals surface area (Å²) in [5.41, 5.74) is 4.81. The van der Waals surface area contributed by atoms with Crippen molar-refractivity contribution in [1.82, 2.24) is 19.2 Å². The maximum Gasteiger partial charge on any atom is 0.267 e. The molecule has 0 fully saturated rings. The van der Waals surface area contributed by atoms with Gasteiger partial charge in [-0.3, -0.25) is 9.20 Å². The van der Waals surface area contributed by atoms with Gasteiger partial charge in [-0.05, 0) is 61.9 Å². The van der Waals surface area contributed by atoms with Gasteiger partial charge in [0, 0.05) is 11.9 Å². The van der Waals surface area contributed by atoms with Gasteiger partial charge in [-0.1, -0.05) is 30.3 Å². The Bertz CT molecular complexity index is 1520. The van der Waals surface area contributed by atoms with Crippen molar-refractivity contribution in [3.8, 4) is 28.4 Å². The third-order valence-corrected chi connectivity index (χ3v) is 5.70. The van der Waals surface area contributed by atoms with Crippen LogP contribution >= 0.6 is 0 Å². The van der Waals surface area contributed by atoms with Crippen molar-refractivity contribution in [1.29, 1.82) is 0 Å². The number of nitrogens with zero attached hydrogens (tertiary/aromatic N) is 4. The number of aryl methyl sites for hydroxylation is 2. The number of methoxy groups -OCH3 is 1. The predicted octanol–water partition coefficient (Wildman–Crippen LogP) is 4.75. The summed E-state index contributed by atoms with van der Waals surface area (Å²) in [5.74, 6) is 1.33. The SMILES string of the molecule is COc1ccc(COc2cccn3c(=O)c(-c4cc(C)n(-c5ccccc5)n4)c(C)nc23)cc1. The Morgan fingerprint density at radius 3 is 2.44 bits per heavy atom. The van der Waals surface area contributed by atoms with E-state index in [1.807, 2.05) is 85.3 Å². The third-order valence-electron chi connectivity index (χ3n) is 5.70. The smallest absolute Gasteiger partial charge is 0.267 e. The molecule has 0 bridgehead atoms. The Morgan fingerprint density at radius 2 is 1.71 bits per heavy atom. The average molecular weight is 453 g/mol. The van der Waals surface area contributed by atoms with Crippen molar-refractivity contribution in [2.75, 3.05) is 7.11 Å². The van der Waals surface area contributed by atoms with Crippen LogP contribution in [0, 0.1) is 13.8 Å². The number of pyridine rings is 1. The lowest BCUT2D eigenvalue weighted by molar-refractivity contribution is 0.307. The zero-order valence-electron chi connectivity index (χ0n) is 19.2. The highest BCUT2D eigenvalue weighted by Gasteiger charge is 2.18. The van der Waals surface area contributed by atoms with E-state index in [4.69, 9.17) is 19.6 Å². The molecular formula is C27H24N4O3. The summed E-state index contributed by atoms with van der Waals surface area (Å²) in [6, 6.07) is 23.0. The van der Waals surface area contributed by atoms with Gasteiger partial charge in [0.1, 0.15) is 18.1 Å². The normalized spacial score (nSPS) is 11.0. The number of para-hydroxylation sites is 1. The predicted molar refractivity (Wildman–Crippen MR) is 131 cm³/mol. The van der Waals surface area contributed by atoms with Gasteiger partial charge in [-0.15, -0.1) is 0 Å². The number of aromatic nitrogens is 4. The molecule has 0 radical (unpaired) electrons. The minimum absolute atomic E-state index is 0.185. The lowest BCUT2D eigenvalue weighted by Gasteiger charge is -2.12. The fourth-order valence-electron chi connectivity index (χ4n) is 3.96. The van der Waals surface area contributed by atoms with Gasteiger partial charge in [0.2, 0.25) is 0 Å². The van der Waals surface area contributed by atoms with Crippen molar-refractivity contribution in [2.24, 2.45) is 0 Å². The van der Waals surface area contributed by atoms with Crippen molar-refractivity contribution in [2.45, 2.75) is 20.5 Å². The van der Waals surface area contributed by atoms with Crippen molar-refractivity contribution < 1.29 is 9.47 Å². The molecule has 0 spiro atoms. The summed E-state index contributed by atoms with van der Waals surface area (Å²) >= 11 is 0. The molecule has 2 aromatic carbocycles. The van der Waals surface area contributed by atoms with Crippen LogP contribution < -0.4 is 15.0 Å². The van der Waals surface area contributed by atoms with Gasteiger partial charge in [0.05, 0.1) is 24.1 Å². The van der Waals surface area contributed by atoms with Gasteiger partial charge >= 0.3 is 0 Å². The number of benzene rings is 2. The number of fused-ring (bicyclic) bond motifs is 1. The van der Waals surface area contributed by atoms with Crippen LogP contribution in [-0.4, -0.2) is 26.3 Å². The summed E-state index contributed by atoms with van der Waals surface area (Å²) in [7, 11) is 1.63. The molecule has 3 aromatic heterocycles. The van der Waals surface area contributed by atoms with E-state index >= 15 is 0 Å². The quantitative estimate of drug-likeness (QED) is 0.372. The Labute approximate surface area is 196 Å². The fourth-order valence-corrected chi connectivity index (χ4v) is 3.96. The molecule has 0 saturated heterocycles. The molecule has 170 valence electrons. The second-order valence-corrected chi connectivity index (χ2v) is 8.00. The van der Waals surface area contributed by atoms with Crippen molar-refractivity contribution in [3.63, 3.8) is 0 Å². The van der Waals surface area contributed by atoms with Gasteiger partial charge in [-0.2, -0.15) is 5.10 Å². The number of hydrogen-bond acceptors (Lipinski definition) is 5. The molecule has 34 heavy (non-hydrogen) atoms. The number of hydrogen-bond donors (Lipinski definition) is 0. The zero-order valence-corrected chi connectivity index (χ0v) is 19.2. The lowest BCUT2D eigenvalue weighted by atomic mass is 10.1. The molecule has 7 heteroatoms. The first-order valence-electron chi connectivity index (χ1n) is 11.0. The van der Waals surface area contributed by atoms with Gasteiger partial charge < -0.3 is 9.47 Å². The number of ether oxygens (including phenoxy) is 2. The van der Waals surface area contributed by atoms with Crippen LogP contribution in [0.1, 0.15) is 17.0 Å². The molecule has 0 aliphatic carbocycles. The highest BCUT2D eigenvalue weighted by Crippen LogP contribution is 2.24. The molecule has 0 aliphatic rings. The molecule has 7 nitrogen and oxygen atoms in total. The summed E-state index contributed by atoms with van der Waals surface area (Å²) in [4.78, 5) is 18.2. The molecule has 5 aromatic rings. The van der Waals surface area contributed by atoms with Gasteiger partial charge in [-0.25, -0.2) is 9.67 Å². The zero-order chi connectivity index (χ0) is 23.7. The Morgan fingerprint density at radius 1 is 0.941 bits per heavy atom. The first kappa shape index (κ1) is 21.5. The first-order chi connectivity index (χ1) is 16.5.